The zero-order valence-corrected chi connectivity index (χ0v) is 13.4. The van der Waals surface area contributed by atoms with E-state index in [9.17, 15) is 19.2 Å². The first kappa shape index (κ1) is 18.9. The Balaban J connectivity index is 2.98. The van der Waals surface area contributed by atoms with Crippen molar-refractivity contribution < 1.29 is 42.9 Å². The van der Waals surface area contributed by atoms with E-state index in [2.05, 4.69) is 0 Å². The first-order valence-corrected chi connectivity index (χ1v) is 6.97. The highest BCUT2D eigenvalue weighted by atomic mass is 16.7. The highest BCUT2D eigenvalue weighted by Crippen LogP contribution is 2.24. The molecule has 0 N–H and O–H groups in total. The molecule has 1 fully saturated rings. The van der Waals surface area contributed by atoms with Gasteiger partial charge in [0.2, 0.25) is 0 Å². The molecule has 0 amide bonds. The summed E-state index contributed by atoms with van der Waals surface area (Å²) in [5, 5.41) is 0. The van der Waals surface area contributed by atoms with E-state index in [1.165, 1.54) is 27.7 Å². The van der Waals surface area contributed by atoms with Gasteiger partial charge in [-0.15, -0.1) is 0 Å². The molecule has 23 heavy (non-hydrogen) atoms. The summed E-state index contributed by atoms with van der Waals surface area (Å²) >= 11 is 0. The number of carbonyl (C=O) groups is 4. The standard InChI is InChI=1S/C14H20O9/c1-7(15)19-5-11-13(22-9(3)17)14(23-10(4)18)12(6-20-11)21-8(2)16/h11-14H,5-6H2,1-4H3/t11-,12+,13+,14+/m1/s1. The van der Waals surface area contributed by atoms with Crippen molar-refractivity contribution in [2.45, 2.75) is 52.1 Å². The van der Waals surface area contributed by atoms with Gasteiger partial charge in [-0.1, -0.05) is 0 Å². The molecule has 0 aromatic heterocycles. The van der Waals surface area contributed by atoms with Crippen LogP contribution in [0.5, 0.6) is 0 Å². The van der Waals surface area contributed by atoms with E-state index in [-0.39, 0.29) is 13.2 Å². The second kappa shape index (κ2) is 8.47. The van der Waals surface area contributed by atoms with Crippen LogP contribution in [0.25, 0.3) is 0 Å². The molecule has 0 spiro atoms. The second-order valence-corrected chi connectivity index (χ2v) is 4.97. The minimum atomic E-state index is -1.08. The van der Waals surface area contributed by atoms with Crippen molar-refractivity contribution in [1.29, 1.82) is 0 Å². The van der Waals surface area contributed by atoms with Gasteiger partial charge in [-0.25, -0.2) is 0 Å². The predicted octanol–water partition coefficient (Wildman–Crippen LogP) is -0.257. The van der Waals surface area contributed by atoms with E-state index in [0.717, 1.165) is 0 Å². The Morgan fingerprint density at radius 1 is 0.826 bits per heavy atom. The largest absolute Gasteiger partial charge is 0.463 e. The molecule has 4 atom stereocenters. The normalized spacial score (nSPS) is 26.8. The Morgan fingerprint density at radius 2 is 1.35 bits per heavy atom. The molecule has 0 bridgehead atoms. The molecule has 1 rings (SSSR count). The van der Waals surface area contributed by atoms with E-state index >= 15 is 0 Å². The van der Waals surface area contributed by atoms with Gasteiger partial charge in [0.25, 0.3) is 0 Å². The Bertz CT molecular complexity index is 473. The maximum atomic E-state index is 11.3. The van der Waals surface area contributed by atoms with Crippen LogP contribution in [-0.2, 0) is 42.9 Å². The summed E-state index contributed by atoms with van der Waals surface area (Å²) in [5.74, 6) is -2.43. The van der Waals surface area contributed by atoms with Crippen molar-refractivity contribution >= 4 is 23.9 Å². The molecule has 0 aliphatic carbocycles. The number of rotatable bonds is 5. The Hall–Kier alpha value is -2.16. The topological polar surface area (TPSA) is 114 Å². The molecule has 9 heteroatoms. The lowest BCUT2D eigenvalue weighted by molar-refractivity contribution is -0.231. The van der Waals surface area contributed by atoms with Gasteiger partial charge in [0.15, 0.2) is 18.3 Å². The van der Waals surface area contributed by atoms with E-state index in [0.29, 0.717) is 0 Å². The second-order valence-electron chi connectivity index (χ2n) is 4.97. The fourth-order valence-electron chi connectivity index (χ4n) is 2.16. The minimum absolute atomic E-state index is 0.0960. The van der Waals surface area contributed by atoms with Gasteiger partial charge in [0, 0.05) is 27.7 Å². The van der Waals surface area contributed by atoms with Crippen molar-refractivity contribution in [3.8, 4) is 0 Å². The van der Waals surface area contributed by atoms with Crippen LogP contribution in [0.4, 0.5) is 0 Å². The molecule has 0 saturated carbocycles. The van der Waals surface area contributed by atoms with Gasteiger partial charge >= 0.3 is 23.9 Å². The fourth-order valence-corrected chi connectivity index (χ4v) is 2.16. The van der Waals surface area contributed by atoms with Crippen LogP contribution in [-0.4, -0.2) is 61.5 Å². The van der Waals surface area contributed by atoms with Gasteiger partial charge in [-0.3, -0.25) is 19.2 Å². The molecular weight excluding hydrogens is 312 g/mol. The van der Waals surface area contributed by atoms with Crippen LogP contribution >= 0.6 is 0 Å². The molecule has 0 aromatic rings. The van der Waals surface area contributed by atoms with Gasteiger partial charge < -0.3 is 23.7 Å². The van der Waals surface area contributed by atoms with Crippen LogP contribution < -0.4 is 0 Å². The summed E-state index contributed by atoms with van der Waals surface area (Å²) < 4.78 is 25.6. The first-order valence-electron chi connectivity index (χ1n) is 6.97. The summed E-state index contributed by atoms with van der Waals surface area (Å²) in [7, 11) is 0. The molecule has 0 aromatic carbocycles. The van der Waals surface area contributed by atoms with Crippen LogP contribution in [0, 0.1) is 0 Å². The Labute approximate surface area is 133 Å². The summed E-state index contributed by atoms with van der Waals surface area (Å²) in [6, 6.07) is 0. The molecule has 1 aliphatic rings. The van der Waals surface area contributed by atoms with Crippen molar-refractivity contribution in [1.82, 2.24) is 0 Å². The van der Waals surface area contributed by atoms with Crippen LogP contribution in [0.3, 0.4) is 0 Å². The highest BCUT2D eigenvalue weighted by Gasteiger charge is 2.47. The summed E-state index contributed by atoms with van der Waals surface area (Å²) in [6.07, 6.45) is -3.92. The van der Waals surface area contributed by atoms with Gasteiger partial charge in [0.1, 0.15) is 12.7 Å². The average molecular weight is 332 g/mol. The third-order valence-corrected chi connectivity index (χ3v) is 2.90. The Morgan fingerprint density at radius 3 is 1.83 bits per heavy atom. The maximum Gasteiger partial charge on any atom is 0.303 e. The van der Waals surface area contributed by atoms with Gasteiger partial charge in [0.05, 0.1) is 6.61 Å². The van der Waals surface area contributed by atoms with Crippen molar-refractivity contribution in [2.75, 3.05) is 13.2 Å². The van der Waals surface area contributed by atoms with E-state index < -0.39 is 48.3 Å². The zero-order chi connectivity index (χ0) is 17.6. The number of carbonyl (C=O) groups excluding carboxylic acids is 4. The lowest BCUT2D eigenvalue weighted by atomic mass is 9.99. The number of esters is 4. The molecule has 1 saturated heterocycles. The average Bonchev–Trinajstić information content (AvgIpc) is 2.39. The van der Waals surface area contributed by atoms with E-state index in [4.69, 9.17) is 23.7 Å². The van der Waals surface area contributed by atoms with Gasteiger partial charge in [-0.05, 0) is 0 Å². The summed E-state index contributed by atoms with van der Waals surface area (Å²) in [5.41, 5.74) is 0. The van der Waals surface area contributed by atoms with Crippen LogP contribution in [0.1, 0.15) is 27.7 Å². The SMILES string of the molecule is CC(=O)OC[C@H]1OC[C@H](OC(C)=O)[C@H](OC(C)=O)[C@H]1OC(C)=O. The number of ether oxygens (including phenoxy) is 5. The number of hydrogen-bond acceptors (Lipinski definition) is 9. The molecule has 0 unspecified atom stereocenters. The third-order valence-electron chi connectivity index (χ3n) is 2.90. The lowest BCUT2D eigenvalue weighted by Crippen LogP contribution is -2.58. The molecule has 9 nitrogen and oxygen atoms in total. The minimum Gasteiger partial charge on any atom is -0.463 e. The van der Waals surface area contributed by atoms with Crippen LogP contribution in [0.2, 0.25) is 0 Å². The van der Waals surface area contributed by atoms with Crippen molar-refractivity contribution in [3.63, 3.8) is 0 Å². The summed E-state index contributed by atoms with van der Waals surface area (Å²) in [4.78, 5) is 44.8. The van der Waals surface area contributed by atoms with Crippen LogP contribution in [0.15, 0.2) is 0 Å². The van der Waals surface area contributed by atoms with Gasteiger partial charge in [-0.2, -0.15) is 0 Å². The predicted molar refractivity (Wildman–Crippen MR) is 73.0 cm³/mol. The molecule has 0 radical (unpaired) electrons. The highest BCUT2D eigenvalue weighted by molar-refractivity contribution is 5.68. The van der Waals surface area contributed by atoms with E-state index in [1.807, 2.05) is 0 Å². The van der Waals surface area contributed by atoms with Crippen molar-refractivity contribution in [2.24, 2.45) is 0 Å². The molecular formula is C14H20O9. The molecule has 1 heterocycles. The molecule has 1 aliphatic heterocycles. The Kier molecular flexibility index (Phi) is 6.95. The van der Waals surface area contributed by atoms with Crippen molar-refractivity contribution in [3.05, 3.63) is 0 Å². The zero-order valence-electron chi connectivity index (χ0n) is 13.4. The maximum absolute atomic E-state index is 11.3. The summed E-state index contributed by atoms with van der Waals surface area (Å²) in [6.45, 7) is 4.46. The molecule has 130 valence electrons. The smallest absolute Gasteiger partial charge is 0.303 e. The lowest BCUT2D eigenvalue weighted by Gasteiger charge is -2.40. The quantitative estimate of drug-likeness (QED) is 0.496. The number of hydrogen-bond donors (Lipinski definition) is 0. The fraction of sp³-hybridized carbons (Fsp3) is 0.714. The third kappa shape index (κ3) is 6.23. The monoisotopic (exact) mass is 332 g/mol. The van der Waals surface area contributed by atoms with E-state index in [1.54, 1.807) is 0 Å². The first-order chi connectivity index (χ1) is 10.7.